The van der Waals surface area contributed by atoms with Crippen molar-refractivity contribution in [2.45, 2.75) is 64.8 Å². The number of aryl methyl sites for hydroxylation is 1. The summed E-state index contributed by atoms with van der Waals surface area (Å²) in [5.41, 5.74) is 0. The molecule has 2 fully saturated rings. The first-order valence-electron chi connectivity index (χ1n) is 8.68. The molecule has 21 heavy (non-hydrogen) atoms. The molecule has 0 bridgehead atoms. The van der Waals surface area contributed by atoms with E-state index in [1.807, 2.05) is 11.3 Å². The van der Waals surface area contributed by atoms with Crippen molar-refractivity contribution < 1.29 is 0 Å². The van der Waals surface area contributed by atoms with E-state index in [1.165, 1.54) is 59.2 Å². The zero-order valence-electron chi connectivity index (χ0n) is 13.3. The average Bonchev–Trinajstić information content (AvgIpc) is 2.83. The summed E-state index contributed by atoms with van der Waals surface area (Å²) in [5.74, 6) is 2.89. The van der Waals surface area contributed by atoms with Crippen LogP contribution in [-0.4, -0.2) is 6.54 Å². The van der Waals surface area contributed by atoms with E-state index in [1.54, 1.807) is 0 Å². The lowest BCUT2D eigenvalue weighted by Crippen LogP contribution is -2.35. The first-order valence-corrected chi connectivity index (χ1v) is 10.3. The number of hydrogen-bond donors (Lipinski definition) is 1. The number of hydrogen-bond acceptors (Lipinski definition) is 2. The van der Waals surface area contributed by atoms with Crippen molar-refractivity contribution in [3.63, 3.8) is 0 Å². The highest BCUT2D eigenvalue weighted by molar-refractivity contribution is 9.10. The Morgan fingerprint density at radius 2 is 2.00 bits per heavy atom. The zero-order valence-corrected chi connectivity index (χ0v) is 15.7. The minimum atomic E-state index is 0.561. The first-order chi connectivity index (χ1) is 10.2. The summed E-state index contributed by atoms with van der Waals surface area (Å²) in [7, 11) is 0. The number of fused-ring (bicyclic) bond motifs is 1. The van der Waals surface area contributed by atoms with Gasteiger partial charge in [0.2, 0.25) is 0 Å². The Morgan fingerprint density at radius 3 is 2.67 bits per heavy atom. The number of nitrogens with one attached hydrogen (secondary N) is 1. The molecule has 0 aliphatic heterocycles. The van der Waals surface area contributed by atoms with Gasteiger partial charge in [0.05, 0.1) is 0 Å². The molecule has 0 amide bonds. The van der Waals surface area contributed by atoms with Crippen LogP contribution in [0.4, 0.5) is 0 Å². The Labute approximate surface area is 142 Å². The van der Waals surface area contributed by atoms with Gasteiger partial charge < -0.3 is 5.32 Å². The lowest BCUT2D eigenvalue weighted by Gasteiger charge is -2.42. The molecule has 1 nitrogen and oxygen atoms in total. The van der Waals surface area contributed by atoms with Crippen molar-refractivity contribution in [3.05, 3.63) is 20.3 Å². The maximum atomic E-state index is 3.80. The third-order valence-electron chi connectivity index (χ3n) is 5.59. The lowest BCUT2D eigenvalue weighted by atomic mass is 9.66. The van der Waals surface area contributed by atoms with Crippen LogP contribution in [0.25, 0.3) is 0 Å². The molecular formula is C18H28BrNS. The molecule has 118 valence electrons. The van der Waals surface area contributed by atoms with Gasteiger partial charge in [-0.1, -0.05) is 32.6 Å². The van der Waals surface area contributed by atoms with E-state index in [9.17, 15) is 0 Å². The van der Waals surface area contributed by atoms with Crippen LogP contribution in [0.5, 0.6) is 0 Å². The molecular weight excluding hydrogens is 342 g/mol. The predicted octanol–water partition coefficient (Wildman–Crippen LogP) is 6.08. The van der Waals surface area contributed by atoms with Gasteiger partial charge in [0, 0.05) is 20.3 Å². The van der Waals surface area contributed by atoms with Crippen LogP contribution in [0, 0.1) is 24.7 Å². The van der Waals surface area contributed by atoms with Gasteiger partial charge >= 0.3 is 0 Å². The van der Waals surface area contributed by atoms with Gasteiger partial charge in [-0.15, -0.1) is 11.3 Å². The molecule has 1 N–H and O–H groups in total. The first kappa shape index (κ1) is 16.0. The van der Waals surface area contributed by atoms with Crippen LogP contribution in [-0.2, 0) is 0 Å². The molecule has 3 heteroatoms. The minimum absolute atomic E-state index is 0.561. The second kappa shape index (κ2) is 7.14. The summed E-state index contributed by atoms with van der Waals surface area (Å²) < 4.78 is 1.32. The molecule has 1 heterocycles. The van der Waals surface area contributed by atoms with E-state index in [-0.39, 0.29) is 0 Å². The van der Waals surface area contributed by atoms with Crippen molar-refractivity contribution in [2.24, 2.45) is 17.8 Å². The number of thiophene rings is 1. The SMILES string of the molecule is CCNC(c1sc(C)cc1Br)C1CCC2CCCCC2C1. The topological polar surface area (TPSA) is 12.0 Å². The summed E-state index contributed by atoms with van der Waals surface area (Å²) in [4.78, 5) is 2.96. The summed E-state index contributed by atoms with van der Waals surface area (Å²) in [6, 6.07) is 2.85. The zero-order chi connectivity index (χ0) is 14.8. The van der Waals surface area contributed by atoms with Gasteiger partial charge in [0.25, 0.3) is 0 Å². The molecule has 1 aromatic heterocycles. The fraction of sp³-hybridized carbons (Fsp3) is 0.778. The van der Waals surface area contributed by atoms with Crippen molar-refractivity contribution in [3.8, 4) is 0 Å². The fourth-order valence-electron chi connectivity index (χ4n) is 4.62. The second-order valence-electron chi connectivity index (χ2n) is 6.98. The van der Waals surface area contributed by atoms with Gasteiger partial charge in [-0.25, -0.2) is 0 Å². The van der Waals surface area contributed by atoms with Gasteiger partial charge in [-0.3, -0.25) is 0 Å². The minimum Gasteiger partial charge on any atom is -0.309 e. The van der Waals surface area contributed by atoms with Crippen molar-refractivity contribution in [1.29, 1.82) is 0 Å². The summed E-state index contributed by atoms with van der Waals surface area (Å²) in [6.07, 6.45) is 10.3. The normalized spacial score (nSPS) is 30.9. The van der Waals surface area contributed by atoms with E-state index in [0.29, 0.717) is 6.04 Å². The molecule has 0 aromatic carbocycles. The second-order valence-corrected chi connectivity index (χ2v) is 9.12. The van der Waals surface area contributed by atoms with Crippen molar-refractivity contribution >= 4 is 27.3 Å². The molecule has 4 atom stereocenters. The number of rotatable bonds is 4. The third-order valence-corrected chi connectivity index (χ3v) is 7.65. The van der Waals surface area contributed by atoms with Crippen LogP contribution in [0.2, 0.25) is 0 Å². The Kier molecular flexibility index (Phi) is 5.45. The van der Waals surface area contributed by atoms with Crippen LogP contribution in [0.3, 0.4) is 0 Å². The van der Waals surface area contributed by atoms with E-state index < -0.39 is 0 Å². The van der Waals surface area contributed by atoms with E-state index in [4.69, 9.17) is 0 Å². The molecule has 1 aromatic rings. The van der Waals surface area contributed by atoms with Crippen LogP contribution >= 0.6 is 27.3 Å². The van der Waals surface area contributed by atoms with Crippen LogP contribution in [0.15, 0.2) is 10.5 Å². The van der Waals surface area contributed by atoms with Crippen LogP contribution in [0.1, 0.15) is 67.7 Å². The molecule has 0 radical (unpaired) electrons. The summed E-state index contributed by atoms with van der Waals surface area (Å²) >= 11 is 5.77. The van der Waals surface area contributed by atoms with Crippen LogP contribution < -0.4 is 5.32 Å². The smallest absolute Gasteiger partial charge is 0.0454 e. The molecule has 4 unspecified atom stereocenters. The lowest BCUT2D eigenvalue weighted by molar-refractivity contribution is 0.110. The fourth-order valence-corrected chi connectivity index (χ4v) is 6.69. The molecule has 0 spiro atoms. The molecule has 3 rings (SSSR count). The number of halogens is 1. The van der Waals surface area contributed by atoms with Gasteiger partial charge in [0.1, 0.15) is 0 Å². The molecule has 0 saturated heterocycles. The maximum absolute atomic E-state index is 3.80. The highest BCUT2D eigenvalue weighted by Gasteiger charge is 2.36. The maximum Gasteiger partial charge on any atom is 0.0454 e. The summed E-state index contributed by atoms with van der Waals surface area (Å²) in [5, 5.41) is 3.80. The van der Waals surface area contributed by atoms with E-state index in [2.05, 4.69) is 41.2 Å². The quantitative estimate of drug-likeness (QED) is 0.678. The van der Waals surface area contributed by atoms with E-state index in [0.717, 1.165) is 24.3 Å². The molecule has 2 saturated carbocycles. The monoisotopic (exact) mass is 369 g/mol. The van der Waals surface area contributed by atoms with E-state index >= 15 is 0 Å². The molecule has 2 aliphatic rings. The Hall–Kier alpha value is 0.140. The third kappa shape index (κ3) is 3.56. The highest BCUT2D eigenvalue weighted by atomic mass is 79.9. The average molecular weight is 370 g/mol. The Bertz CT molecular complexity index is 470. The largest absolute Gasteiger partial charge is 0.309 e. The molecule has 2 aliphatic carbocycles. The standard InChI is InChI=1S/C18H28BrNS/c1-3-20-17(18-16(19)10-12(2)21-18)15-9-8-13-6-4-5-7-14(13)11-15/h10,13-15,17,20H,3-9,11H2,1-2H3. The van der Waals surface area contributed by atoms with Crippen molar-refractivity contribution in [1.82, 2.24) is 5.32 Å². The Balaban J connectivity index is 1.76. The van der Waals surface area contributed by atoms with Gasteiger partial charge in [-0.05, 0) is 72.5 Å². The van der Waals surface area contributed by atoms with Gasteiger partial charge in [-0.2, -0.15) is 0 Å². The highest BCUT2D eigenvalue weighted by Crippen LogP contribution is 2.48. The summed E-state index contributed by atoms with van der Waals surface area (Å²) in [6.45, 7) is 5.53. The predicted molar refractivity (Wildman–Crippen MR) is 96.0 cm³/mol. The van der Waals surface area contributed by atoms with Gasteiger partial charge in [0.15, 0.2) is 0 Å². The Morgan fingerprint density at radius 1 is 1.24 bits per heavy atom. The van der Waals surface area contributed by atoms with Crippen molar-refractivity contribution in [2.75, 3.05) is 6.54 Å².